The van der Waals surface area contributed by atoms with Crippen molar-refractivity contribution < 1.29 is 4.79 Å². The number of hydrogen-bond acceptors (Lipinski definition) is 5. The lowest BCUT2D eigenvalue weighted by Gasteiger charge is -2.06. The van der Waals surface area contributed by atoms with Gasteiger partial charge in [0.1, 0.15) is 6.33 Å². The molecule has 0 spiro atoms. The van der Waals surface area contributed by atoms with Gasteiger partial charge in [-0.2, -0.15) is 5.10 Å². The first kappa shape index (κ1) is 13.0. The minimum atomic E-state index is -0.384. The van der Waals surface area contributed by atoms with Gasteiger partial charge in [0.2, 0.25) is 0 Å². The summed E-state index contributed by atoms with van der Waals surface area (Å²) in [5.41, 5.74) is -0.150. The van der Waals surface area contributed by atoms with Crippen LogP contribution < -0.4 is 10.9 Å². The molecular weight excluding hydrogens is 272 g/mol. The molecule has 2 heterocycles. The topological polar surface area (TPSA) is 106 Å². The van der Waals surface area contributed by atoms with Gasteiger partial charge in [-0.1, -0.05) is 18.2 Å². The average molecular weight is 284 g/mol. The van der Waals surface area contributed by atoms with Crippen molar-refractivity contribution in [2.24, 2.45) is 7.05 Å². The number of nitrogens with one attached hydrogen (secondary N) is 2. The minimum Gasteiger partial charge on any atom is -0.343 e. The number of aromatic amines is 1. The van der Waals surface area contributed by atoms with Crippen LogP contribution in [0.5, 0.6) is 0 Å². The molecule has 1 aromatic carbocycles. The third kappa shape index (κ3) is 2.38. The third-order valence-corrected chi connectivity index (χ3v) is 3.12. The maximum absolute atomic E-state index is 12.2. The molecule has 0 aliphatic rings. The zero-order valence-electron chi connectivity index (χ0n) is 11.2. The van der Waals surface area contributed by atoms with Gasteiger partial charge in [0.15, 0.2) is 11.5 Å². The van der Waals surface area contributed by atoms with Crippen LogP contribution >= 0.6 is 0 Å². The van der Waals surface area contributed by atoms with Crippen LogP contribution in [0.2, 0.25) is 0 Å². The van der Waals surface area contributed by atoms with Crippen molar-refractivity contribution in [3.05, 3.63) is 52.5 Å². The number of nitrogens with zero attached hydrogens (tertiary/aromatic N) is 4. The predicted molar refractivity (Wildman–Crippen MR) is 74.5 cm³/mol. The summed E-state index contributed by atoms with van der Waals surface area (Å²) in [4.78, 5) is 23.9. The van der Waals surface area contributed by atoms with Gasteiger partial charge in [-0.05, 0) is 6.07 Å². The lowest BCUT2D eigenvalue weighted by atomic mass is 10.1. The highest BCUT2D eigenvalue weighted by Gasteiger charge is 2.14. The molecule has 21 heavy (non-hydrogen) atoms. The van der Waals surface area contributed by atoms with Crippen LogP contribution in [0.1, 0.15) is 16.3 Å². The normalized spacial score (nSPS) is 10.7. The summed E-state index contributed by atoms with van der Waals surface area (Å²) in [6.45, 7) is 0.227. The number of rotatable bonds is 3. The molecule has 3 rings (SSSR count). The first-order valence-corrected chi connectivity index (χ1v) is 6.25. The number of aryl methyl sites for hydroxylation is 1. The SMILES string of the molecule is Cn1cnnc1CNC(=O)c1n[nH]c(=O)c2ccccc12. The fourth-order valence-corrected chi connectivity index (χ4v) is 2.00. The van der Waals surface area contributed by atoms with Crippen molar-refractivity contribution in [1.82, 2.24) is 30.3 Å². The molecule has 1 amide bonds. The maximum atomic E-state index is 12.2. The van der Waals surface area contributed by atoms with Crippen molar-refractivity contribution in [1.29, 1.82) is 0 Å². The molecule has 3 aromatic rings. The van der Waals surface area contributed by atoms with Crippen molar-refractivity contribution in [3.63, 3.8) is 0 Å². The molecule has 8 nitrogen and oxygen atoms in total. The molecule has 106 valence electrons. The van der Waals surface area contributed by atoms with Gasteiger partial charge in [-0.15, -0.1) is 10.2 Å². The van der Waals surface area contributed by atoms with Crippen molar-refractivity contribution in [2.45, 2.75) is 6.54 Å². The zero-order chi connectivity index (χ0) is 14.8. The molecule has 0 bridgehead atoms. The van der Waals surface area contributed by atoms with E-state index >= 15 is 0 Å². The zero-order valence-corrected chi connectivity index (χ0v) is 11.2. The van der Waals surface area contributed by atoms with Gasteiger partial charge >= 0.3 is 0 Å². The maximum Gasteiger partial charge on any atom is 0.272 e. The highest BCUT2D eigenvalue weighted by atomic mass is 16.2. The summed E-state index contributed by atoms with van der Waals surface area (Å²) in [5, 5.41) is 17.4. The van der Waals surface area contributed by atoms with Gasteiger partial charge in [-0.25, -0.2) is 5.10 Å². The monoisotopic (exact) mass is 284 g/mol. The molecule has 0 fully saturated rings. The Bertz CT molecular complexity index is 866. The average Bonchev–Trinajstić information content (AvgIpc) is 2.91. The summed E-state index contributed by atoms with van der Waals surface area (Å²) < 4.78 is 1.71. The summed E-state index contributed by atoms with van der Waals surface area (Å²) in [7, 11) is 1.79. The van der Waals surface area contributed by atoms with Gasteiger partial charge in [0.25, 0.3) is 11.5 Å². The van der Waals surface area contributed by atoms with Crippen molar-refractivity contribution in [3.8, 4) is 0 Å². The van der Waals surface area contributed by atoms with E-state index in [4.69, 9.17) is 0 Å². The fraction of sp³-hybridized carbons (Fsp3) is 0.154. The second kappa shape index (κ2) is 5.16. The summed E-state index contributed by atoms with van der Waals surface area (Å²) in [5.74, 6) is 0.238. The molecule has 0 aliphatic carbocycles. The van der Waals surface area contributed by atoms with E-state index in [2.05, 4.69) is 25.7 Å². The molecule has 0 saturated carbocycles. The number of carbonyl (C=O) groups is 1. The van der Waals surface area contributed by atoms with Crippen LogP contribution in [0.3, 0.4) is 0 Å². The van der Waals surface area contributed by atoms with E-state index in [0.29, 0.717) is 16.6 Å². The predicted octanol–water partition coefficient (Wildman–Crippen LogP) is -0.0184. The number of aromatic nitrogens is 5. The summed E-state index contributed by atoms with van der Waals surface area (Å²) >= 11 is 0. The Balaban J connectivity index is 1.90. The number of hydrogen-bond donors (Lipinski definition) is 2. The van der Waals surface area contributed by atoms with E-state index in [-0.39, 0.29) is 23.7 Å². The summed E-state index contributed by atoms with van der Waals surface area (Å²) in [6, 6.07) is 6.83. The summed E-state index contributed by atoms with van der Waals surface area (Å²) in [6.07, 6.45) is 1.55. The van der Waals surface area contributed by atoms with E-state index in [1.165, 1.54) is 0 Å². The molecule has 0 saturated heterocycles. The number of carbonyl (C=O) groups excluding carboxylic acids is 1. The van der Waals surface area contributed by atoms with Crippen molar-refractivity contribution >= 4 is 16.7 Å². The molecular formula is C13H12N6O2. The smallest absolute Gasteiger partial charge is 0.272 e. The van der Waals surface area contributed by atoms with Crippen molar-refractivity contribution in [2.75, 3.05) is 0 Å². The Morgan fingerprint density at radius 3 is 2.81 bits per heavy atom. The second-order valence-corrected chi connectivity index (χ2v) is 4.49. The number of H-pyrrole nitrogens is 1. The number of fused-ring (bicyclic) bond motifs is 1. The van der Waals surface area contributed by atoms with Gasteiger partial charge < -0.3 is 9.88 Å². The van der Waals surface area contributed by atoms with Gasteiger partial charge in [0.05, 0.1) is 11.9 Å². The van der Waals surface area contributed by atoms with Crippen LogP contribution in [0.15, 0.2) is 35.4 Å². The number of amides is 1. The van der Waals surface area contributed by atoms with E-state index in [0.717, 1.165) is 0 Å². The van der Waals surface area contributed by atoms with Crippen LogP contribution in [0.25, 0.3) is 10.8 Å². The van der Waals surface area contributed by atoms with E-state index in [1.54, 1.807) is 42.2 Å². The molecule has 0 atom stereocenters. The minimum absolute atomic E-state index is 0.173. The van der Waals surface area contributed by atoms with E-state index in [9.17, 15) is 9.59 Å². The Morgan fingerprint density at radius 2 is 2.10 bits per heavy atom. The molecule has 0 aliphatic heterocycles. The Kier molecular flexibility index (Phi) is 3.19. The Labute approximate surface area is 118 Å². The molecule has 2 N–H and O–H groups in total. The highest BCUT2D eigenvalue weighted by molar-refractivity contribution is 6.04. The molecule has 0 unspecified atom stereocenters. The Hall–Kier alpha value is -3.03. The molecule has 8 heteroatoms. The molecule has 2 aromatic heterocycles. The van der Waals surface area contributed by atoms with Gasteiger partial charge in [-0.3, -0.25) is 9.59 Å². The van der Waals surface area contributed by atoms with E-state index < -0.39 is 0 Å². The lowest BCUT2D eigenvalue weighted by Crippen LogP contribution is -2.27. The first-order valence-electron chi connectivity index (χ1n) is 6.25. The Morgan fingerprint density at radius 1 is 1.33 bits per heavy atom. The van der Waals surface area contributed by atoms with Crippen LogP contribution in [0.4, 0.5) is 0 Å². The fourth-order valence-electron chi connectivity index (χ4n) is 2.00. The third-order valence-electron chi connectivity index (χ3n) is 3.12. The van der Waals surface area contributed by atoms with Crippen LogP contribution in [-0.4, -0.2) is 30.9 Å². The molecule has 0 radical (unpaired) electrons. The van der Waals surface area contributed by atoms with E-state index in [1.807, 2.05) is 0 Å². The van der Waals surface area contributed by atoms with Crippen LogP contribution in [0, 0.1) is 0 Å². The second-order valence-electron chi connectivity index (χ2n) is 4.49. The largest absolute Gasteiger partial charge is 0.343 e. The standard InChI is InChI=1S/C13H12N6O2/c1-19-7-15-16-10(19)6-14-13(21)11-8-4-2-3-5-9(8)12(20)18-17-11/h2-5,7H,6H2,1H3,(H,14,21)(H,18,20). The quantitative estimate of drug-likeness (QED) is 0.703. The first-order chi connectivity index (χ1) is 10.2. The van der Waals surface area contributed by atoms with Crippen LogP contribution in [-0.2, 0) is 13.6 Å². The lowest BCUT2D eigenvalue weighted by molar-refractivity contribution is 0.0945. The van der Waals surface area contributed by atoms with Gasteiger partial charge in [0, 0.05) is 12.4 Å². The number of benzene rings is 1. The highest BCUT2D eigenvalue weighted by Crippen LogP contribution is 2.12.